The van der Waals surface area contributed by atoms with Crippen LogP contribution in [0.1, 0.15) is 43.0 Å². The first-order valence-corrected chi connectivity index (χ1v) is 5.90. The summed E-state index contributed by atoms with van der Waals surface area (Å²) in [5.74, 6) is 1.07. The Labute approximate surface area is 98.0 Å². The van der Waals surface area contributed by atoms with Gasteiger partial charge in [-0.2, -0.15) is 0 Å². The predicted octanol–water partition coefficient (Wildman–Crippen LogP) is 3.13. The van der Waals surface area contributed by atoms with Crippen molar-refractivity contribution in [2.24, 2.45) is 0 Å². The summed E-state index contributed by atoms with van der Waals surface area (Å²) in [6.07, 6.45) is 1.01. The van der Waals surface area contributed by atoms with Crippen LogP contribution in [0.2, 0.25) is 0 Å². The van der Waals surface area contributed by atoms with Gasteiger partial charge in [0.2, 0.25) is 0 Å². The van der Waals surface area contributed by atoms with E-state index in [0.717, 1.165) is 12.2 Å². The van der Waals surface area contributed by atoms with Gasteiger partial charge in [0, 0.05) is 18.0 Å². The first-order valence-electron chi connectivity index (χ1n) is 5.90. The Hall–Kier alpha value is -1.02. The fraction of sp³-hybridized carbons (Fsp3) is 0.571. The maximum Gasteiger partial charge on any atom is 0.127 e. The molecule has 1 aromatic rings. The van der Waals surface area contributed by atoms with Gasteiger partial charge >= 0.3 is 0 Å². The third-order valence-electron chi connectivity index (χ3n) is 3.25. The average molecular weight is 219 g/mol. The lowest BCUT2D eigenvalue weighted by Gasteiger charge is -2.38. The summed E-state index contributed by atoms with van der Waals surface area (Å²) < 4.78 is 6.10. The van der Waals surface area contributed by atoms with E-state index in [1.165, 1.54) is 16.7 Å². The van der Waals surface area contributed by atoms with Crippen LogP contribution < -0.4 is 10.1 Å². The molecule has 1 N–H and O–H groups in total. The summed E-state index contributed by atoms with van der Waals surface area (Å²) in [4.78, 5) is 0. The molecule has 0 aromatic heterocycles. The topological polar surface area (TPSA) is 21.3 Å². The Morgan fingerprint density at radius 2 is 2.00 bits per heavy atom. The van der Waals surface area contributed by atoms with Crippen LogP contribution in [0.25, 0.3) is 0 Å². The van der Waals surface area contributed by atoms with E-state index in [2.05, 4.69) is 45.1 Å². The largest absolute Gasteiger partial charge is 0.487 e. The summed E-state index contributed by atoms with van der Waals surface area (Å²) >= 11 is 0. The number of ether oxygens (including phenoxy) is 1. The number of rotatable bonds is 1. The number of benzene rings is 1. The van der Waals surface area contributed by atoms with Gasteiger partial charge < -0.3 is 10.1 Å². The van der Waals surface area contributed by atoms with E-state index in [1.54, 1.807) is 0 Å². The van der Waals surface area contributed by atoms with Gasteiger partial charge in [0.05, 0.1) is 0 Å². The normalized spacial score (nSPS) is 22.4. The van der Waals surface area contributed by atoms with Crippen molar-refractivity contribution in [3.63, 3.8) is 0 Å². The lowest BCUT2D eigenvalue weighted by Crippen LogP contribution is -2.38. The lowest BCUT2D eigenvalue weighted by molar-refractivity contribution is 0.0665. The molecule has 1 atom stereocenters. The molecule has 0 radical (unpaired) electrons. The third-order valence-corrected chi connectivity index (χ3v) is 3.25. The first-order chi connectivity index (χ1) is 7.43. The van der Waals surface area contributed by atoms with Gasteiger partial charge in [0.15, 0.2) is 0 Å². The zero-order chi connectivity index (χ0) is 11.9. The van der Waals surface area contributed by atoms with E-state index in [0.29, 0.717) is 6.04 Å². The zero-order valence-corrected chi connectivity index (χ0v) is 10.8. The van der Waals surface area contributed by atoms with Crippen molar-refractivity contribution >= 4 is 0 Å². The Kier molecular flexibility index (Phi) is 2.70. The maximum absolute atomic E-state index is 6.10. The van der Waals surface area contributed by atoms with Crippen molar-refractivity contribution in [1.82, 2.24) is 5.32 Å². The van der Waals surface area contributed by atoms with Crippen molar-refractivity contribution in [3.8, 4) is 5.75 Å². The molecule has 1 aliphatic rings. The van der Waals surface area contributed by atoms with Crippen LogP contribution in [0.4, 0.5) is 0 Å². The molecule has 0 spiro atoms. The molecule has 0 fully saturated rings. The van der Waals surface area contributed by atoms with Gasteiger partial charge in [-0.1, -0.05) is 17.7 Å². The number of nitrogens with one attached hydrogen (secondary N) is 1. The van der Waals surface area contributed by atoms with Crippen molar-refractivity contribution in [2.75, 3.05) is 7.05 Å². The van der Waals surface area contributed by atoms with E-state index in [4.69, 9.17) is 4.74 Å². The Morgan fingerprint density at radius 3 is 2.62 bits per heavy atom. The molecule has 1 unspecified atom stereocenters. The van der Waals surface area contributed by atoms with E-state index in [-0.39, 0.29) is 5.60 Å². The smallest absolute Gasteiger partial charge is 0.127 e. The molecule has 2 nitrogen and oxygen atoms in total. The second-order valence-electron chi connectivity index (χ2n) is 5.41. The first kappa shape index (κ1) is 11.5. The molecule has 2 rings (SSSR count). The number of aryl methyl sites for hydroxylation is 2. The molecule has 0 bridgehead atoms. The molecular weight excluding hydrogens is 198 g/mol. The molecule has 1 heterocycles. The van der Waals surface area contributed by atoms with E-state index in [1.807, 2.05) is 7.05 Å². The second kappa shape index (κ2) is 3.77. The van der Waals surface area contributed by atoms with Crippen molar-refractivity contribution in [1.29, 1.82) is 0 Å². The number of hydrogen-bond acceptors (Lipinski definition) is 2. The standard InChI is InChI=1S/C14H21NO/c1-9-6-10(2)13-11(7-9)12(15-5)8-14(3,4)16-13/h6-7,12,15H,8H2,1-5H3. The van der Waals surface area contributed by atoms with Crippen molar-refractivity contribution in [2.45, 2.75) is 45.8 Å². The van der Waals surface area contributed by atoms with Crippen LogP contribution >= 0.6 is 0 Å². The summed E-state index contributed by atoms with van der Waals surface area (Å²) in [6.45, 7) is 8.57. The molecule has 1 aromatic carbocycles. The highest BCUT2D eigenvalue weighted by Crippen LogP contribution is 2.41. The van der Waals surface area contributed by atoms with Gasteiger partial charge in [-0.15, -0.1) is 0 Å². The lowest BCUT2D eigenvalue weighted by atomic mass is 9.88. The Morgan fingerprint density at radius 1 is 1.31 bits per heavy atom. The molecule has 0 saturated heterocycles. The van der Waals surface area contributed by atoms with Crippen LogP contribution in [0.5, 0.6) is 5.75 Å². The quantitative estimate of drug-likeness (QED) is 0.783. The highest BCUT2D eigenvalue weighted by molar-refractivity contribution is 5.47. The highest BCUT2D eigenvalue weighted by Gasteiger charge is 2.33. The molecule has 16 heavy (non-hydrogen) atoms. The highest BCUT2D eigenvalue weighted by atomic mass is 16.5. The van der Waals surface area contributed by atoms with Crippen LogP contribution in [-0.2, 0) is 0 Å². The molecular formula is C14H21NO. The summed E-state index contributed by atoms with van der Waals surface area (Å²) in [7, 11) is 2.02. The third kappa shape index (κ3) is 1.94. The van der Waals surface area contributed by atoms with Crippen LogP contribution in [-0.4, -0.2) is 12.6 Å². The molecule has 0 amide bonds. The Bertz CT molecular complexity index is 409. The van der Waals surface area contributed by atoms with E-state index < -0.39 is 0 Å². The minimum atomic E-state index is -0.0826. The van der Waals surface area contributed by atoms with Crippen molar-refractivity contribution in [3.05, 3.63) is 28.8 Å². The maximum atomic E-state index is 6.10. The number of fused-ring (bicyclic) bond motifs is 1. The number of hydrogen-bond donors (Lipinski definition) is 1. The zero-order valence-electron chi connectivity index (χ0n) is 10.8. The molecule has 88 valence electrons. The summed E-state index contributed by atoms with van der Waals surface area (Å²) in [6, 6.07) is 4.82. The molecule has 1 aliphatic heterocycles. The monoisotopic (exact) mass is 219 g/mol. The Balaban J connectivity index is 2.54. The predicted molar refractivity (Wildman–Crippen MR) is 67.0 cm³/mol. The molecule has 2 heteroatoms. The van der Waals surface area contributed by atoms with Gasteiger partial charge in [-0.3, -0.25) is 0 Å². The minimum absolute atomic E-state index is 0.0826. The van der Waals surface area contributed by atoms with E-state index in [9.17, 15) is 0 Å². The van der Waals surface area contributed by atoms with Crippen LogP contribution in [0.15, 0.2) is 12.1 Å². The van der Waals surface area contributed by atoms with Gasteiger partial charge in [0.1, 0.15) is 11.4 Å². The fourth-order valence-corrected chi connectivity index (χ4v) is 2.56. The summed E-state index contributed by atoms with van der Waals surface area (Å²) in [5, 5.41) is 3.39. The molecule has 0 saturated carbocycles. The van der Waals surface area contributed by atoms with Crippen LogP contribution in [0.3, 0.4) is 0 Å². The van der Waals surface area contributed by atoms with Gasteiger partial charge in [-0.25, -0.2) is 0 Å². The minimum Gasteiger partial charge on any atom is -0.487 e. The van der Waals surface area contributed by atoms with Gasteiger partial charge in [-0.05, 0) is 40.3 Å². The summed E-state index contributed by atoms with van der Waals surface area (Å²) in [5.41, 5.74) is 3.77. The SMILES string of the molecule is CNC1CC(C)(C)Oc2c(C)cc(C)cc21. The van der Waals surface area contributed by atoms with Gasteiger partial charge in [0.25, 0.3) is 0 Å². The van der Waals surface area contributed by atoms with Crippen molar-refractivity contribution < 1.29 is 4.74 Å². The second-order valence-corrected chi connectivity index (χ2v) is 5.41. The molecule has 0 aliphatic carbocycles. The average Bonchev–Trinajstić information content (AvgIpc) is 2.18. The van der Waals surface area contributed by atoms with Crippen LogP contribution in [0, 0.1) is 13.8 Å². The van der Waals surface area contributed by atoms with E-state index >= 15 is 0 Å². The fourth-order valence-electron chi connectivity index (χ4n) is 2.56.